The van der Waals surface area contributed by atoms with E-state index in [9.17, 15) is 9.90 Å². The lowest BCUT2D eigenvalue weighted by atomic mass is 9.77. The van der Waals surface area contributed by atoms with Crippen molar-refractivity contribution in [3.8, 4) is 5.82 Å². The van der Waals surface area contributed by atoms with E-state index in [4.69, 9.17) is 14.7 Å². The Labute approximate surface area is 266 Å². The monoisotopic (exact) mass is 628 g/mol. The van der Waals surface area contributed by atoms with Crippen molar-refractivity contribution in [2.45, 2.75) is 90.0 Å². The van der Waals surface area contributed by atoms with E-state index in [1.807, 2.05) is 33.0 Å². The van der Waals surface area contributed by atoms with Crippen molar-refractivity contribution < 1.29 is 14.6 Å². The third-order valence-electron chi connectivity index (χ3n) is 8.36. The number of anilines is 2. The number of hydrogen-bond donors (Lipinski definition) is 4. The first-order valence-corrected chi connectivity index (χ1v) is 15.4. The molecule has 1 aliphatic rings. The van der Waals surface area contributed by atoms with Crippen LogP contribution in [0.25, 0.3) is 16.9 Å². The summed E-state index contributed by atoms with van der Waals surface area (Å²) < 4.78 is 9.27. The highest BCUT2D eigenvalue weighted by Crippen LogP contribution is 2.40. The van der Waals surface area contributed by atoms with E-state index < -0.39 is 11.2 Å². The van der Waals surface area contributed by atoms with Gasteiger partial charge in [0.15, 0.2) is 17.3 Å². The smallest absolute Gasteiger partial charge is 0.252 e. The highest BCUT2D eigenvalue weighted by Gasteiger charge is 2.43. The zero-order valence-corrected chi connectivity index (χ0v) is 26.9. The summed E-state index contributed by atoms with van der Waals surface area (Å²) in [4.78, 5) is 32.5. The molecule has 0 radical (unpaired) electrons. The Morgan fingerprint density at radius 1 is 1.15 bits per heavy atom. The van der Waals surface area contributed by atoms with Crippen molar-refractivity contribution in [3.05, 3.63) is 59.8 Å². The number of methoxy groups -OCH3 is 1. The third kappa shape index (κ3) is 6.46. The van der Waals surface area contributed by atoms with Gasteiger partial charge in [-0.3, -0.25) is 14.9 Å². The van der Waals surface area contributed by atoms with Crippen LogP contribution in [0.15, 0.2) is 37.1 Å². The summed E-state index contributed by atoms with van der Waals surface area (Å²) in [5.41, 5.74) is 1.21. The second kappa shape index (κ2) is 12.2. The van der Waals surface area contributed by atoms with Gasteiger partial charge in [-0.2, -0.15) is 15.3 Å². The summed E-state index contributed by atoms with van der Waals surface area (Å²) in [5.74, 6) is 2.24. The zero-order valence-electron chi connectivity index (χ0n) is 26.9. The van der Waals surface area contributed by atoms with Gasteiger partial charge in [0.2, 0.25) is 0 Å². The maximum Gasteiger partial charge on any atom is 0.252 e. The maximum atomic E-state index is 13.7. The molecule has 0 saturated heterocycles. The van der Waals surface area contributed by atoms with Gasteiger partial charge in [0.25, 0.3) is 5.91 Å². The number of carbonyl (C=O) groups is 1. The van der Waals surface area contributed by atoms with Gasteiger partial charge in [-0.25, -0.2) is 24.3 Å². The average Bonchev–Trinajstić information content (AvgIpc) is 3.76. The number of aliphatic hydroxyl groups is 1. The molecule has 5 aromatic heterocycles. The largest absolute Gasteiger partial charge is 0.389 e. The molecule has 6 rings (SSSR count). The molecule has 1 amide bonds. The average molecular weight is 629 g/mol. The van der Waals surface area contributed by atoms with Crippen molar-refractivity contribution >= 4 is 28.6 Å². The van der Waals surface area contributed by atoms with E-state index >= 15 is 0 Å². The van der Waals surface area contributed by atoms with Gasteiger partial charge in [0.05, 0.1) is 54.1 Å². The van der Waals surface area contributed by atoms with Gasteiger partial charge in [-0.15, -0.1) is 0 Å². The van der Waals surface area contributed by atoms with Gasteiger partial charge >= 0.3 is 0 Å². The predicted octanol–water partition coefficient (Wildman–Crippen LogP) is 3.58. The Hall–Kier alpha value is -4.76. The number of nitrogens with one attached hydrogen (secondary N) is 3. The number of rotatable bonds is 10. The van der Waals surface area contributed by atoms with Gasteiger partial charge in [0.1, 0.15) is 17.2 Å². The number of carbonyl (C=O) groups excluding carboxylic acids is 1. The highest BCUT2D eigenvalue weighted by atomic mass is 16.5. The van der Waals surface area contributed by atoms with E-state index in [1.165, 1.54) is 0 Å². The molecule has 4 N–H and O–H groups in total. The van der Waals surface area contributed by atoms with Gasteiger partial charge in [-0.05, 0) is 65.9 Å². The number of ether oxygens (including phenoxy) is 1. The van der Waals surface area contributed by atoms with Crippen LogP contribution in [0.1, 0.15) is 81.2 Å². The molecule has 1 fully saturated rings. The number of H-pyrrole nitrogens is 1. The fraction of sp³-hybridized carbons (Fsp3) is 0.484. The normalized spacial score (nSPS) is 19.3. The van der Waals surface area contributed by atoms with Gasteiger partial charge < -0.3 is 20.5 Å². The molecule has 15 heteroatoms. The van der Waals surface area contributed by atoms with Crippen LogP contribution in [0.5, 0.6) is 0 Å². The minimum Gasteiger partial charge on any atom is -0.389 e. The number of fused-ring (bicyclic) bond motifs is 1. The third-order valence-corrected chi connectivity index (χ3v) is 8.36. The molecule has 1 atom stereocenters. The summed E-state index contributed by atoms with van der Waals surface area (Å²) in [6, 6.07) is 1.52. The molecule has 242 valence electrons. The second-order valence-electron chi connectivity index (χ2n) is 12.8. The lowest BCUT2D eigenvalue weighted by Crippen LogP contribution is -2.51. The highest BCUT2D eigenvalue weighted by molar-refractivity contribution is 5.88. The Morgan fingerprint density at radius 2 is 1.93 bits per heavy atom. The molecule has 0 unspecified atom stereocenters. The number of aromatic amines is 1. The van der Waals surface area contributed by atoms with Gasteiger partial charge in [0, 0.05) is 31.0 Å². The first kappa shape index (κ1) is 31.2. The molecule has 5 heterocycles. The quantitative estimate of drug-likeness (QED) is 0.177. The molecular weight excluding hydrogens is 588 g/mol. The standard InChI is InChI=1S/C31H40N12O3/c1-18-12-34-42(16-18)25-15-32-23(14-33-25)20(3)36-29(44)31(46-6)9-7-21(8-10-31)26-38-27(37-24-11-19(2)40-41-24)22-13-35-43(28(22)39-26)17-30(4,5)45/h11-16,20-21,45H,7-10,17H2,1-6H3,(H,36,44)(H2,37,38,39,40,41)/t20-,21-,31-/m0/s1. The lowest BCUT2D eigenvalue weighted by molar-refractivity contribution is -0.148. The molecule has 0 aliphatic heterocycles. The molecule has 0 bridgehead atoms. The first-order valence-electron chi connectivity index (χ1n) is 15.4. The van der Waals surface area contributed by atoms with Crippen LogP contribution >= 0.6 is 0 Å². The Morgan fingerprint density at radius 3 is 2.54 bits per heavy atom. The minimum absolute atomic E-state index is 0.0193. The van der Waals surface area contributed by atoms with Crippen LogP contribution in [0.4, 0.5) is 11.6 Å². The van der Waals surface area contributed by atoms with Gasteiger partial charge in [-0.1, -0.05) is 0 Å². The SMILES string of the molecule is CO[C@]1(C(=O)N[C@@H](C)c2cnc(-n3cc(C)cn3)cn2)CC[C@@H](c2nc(Nc3cc(C)[nH]n3)c3cnn(CC(C)(C)O)c3n2)CC1. The summed E-state index contributed by atoms with van der Waals surface area (Å²) in [5, 5.41) is 33.6. The van der Waals surface area contributed by atoms with Crippen LogP contribution in [0, 0.1) is 13.8 Å². The molecular formula is C31H40N12O3. The number of nitrogens with zero attached hydrogens (tertiary/aromatic N) is 9. The van der Waals surface area contributed by atoms with Crippen molar-refractivity contribution in [2.24, 2.45) is 0 Å². The van der Waals surface area contributed by atoms with E-state index in [1.54, 1.807) is 55.1 Å². The topological polar surface area (TPSA) is 186 Å². The Kier molecular flexibility index (Phi) is 8.29. The fourth-order valence-electron chi connectivity index (χ4n) is 5.82. The minimum atomic E-state index is -0.995. The maximum absolute atomic E-state index is 13.7. The van der Waals surface area contributed by atoms with Crippen molar-refractivity contribution in [3.63, 3.8) is 0 Å². The van der Waals surface area contributed by atoms with Crippen LogP contribution in [-0.4, -0.2) is 79.0 Å². The molecule has 1 saturated carbocycles. The van der Waals surface area contributed by atoms with E-state index in [-0.39, 0.29) is 24.4 Å². The molecule has 5 aromatic rings. The summed E-state index contributed by atoms with van der Waals surface area (Å²) in [7, 11) is 1.58. The number of aromatic nitrogens is 10. The molecule has 46 heavy (non-hydrogen) atoms. The van der Waals surface area contributed by atoms with E-state index in [2.05, 4.69) is 41.0 Å². The van der Waals surface area contributed by atoms with Crippen LogP contribution in [0.3, 0.4) is 0 Å². The molecule has 0 spiro atoms. The van der Waals surface area contributed by atoms with Crippen molar-refractivity contribution in [1.82, 2.24) is 55.0 Å². The van der Waals surface area contributed by atoms with Crippen molar-refractivity contribution in [1.29, 1.82) is 0 Å². The molecule has 1 aliphatic carbocycles. The molecule has 0 aromatic carbocycles. The zero-order chi connectivity index (χ0) is 32.6. The van der Waals surface area contributed by atoms with Crippen LogP contribution in [0.2, 0.25) is 0 Å². The fourth-order valence-corrected chi connectivity index (χ4v) is 5.82. The summed E-state index contributed by atoms with van der Waals surface area (Å²) in [6.07, 6.45) is 10.9. The van der Waals surface area contributed by atoms with Crippen LogP contribution in [-0.2, 0) is 16.1 Å². The first-order chi connectivity index (χ1) is 21.9. The van der Waals surface area contributed by atoms with E-state index in [0.29, 0.717) is 60.3 Å². The lowest BCUT2D eigenvalue weighted by Gasteiger charge is -2.38. The van der Waals surface area contributed by atoms with Crippen LogP contribution < -0.4 is 10.6 Å². The number of hydrogen-bond acceptors (Lipinski definition) is 11. The predicted molar refractivity (Wildman–Crippen MR) is 170 cm³/mol. The number of amides is 1. The van der Waals surface area contributed by atoms with E-state index in [0.717, 1.165) is 16.6 Å². The van der Waals surface area contributed by atoms with Crippen molar-refractivity contribution in [2.75, 3.05) is 12.4 Å². The summed E-state index contributed by atoms with van der Waals surface area (Å²) >= 11 is 0. The Balaban J connectivity index is 1.18. The Bertz CT molecular complexity index is 1830. The number of aryl methyl sites for hydroxylation is 2. The molecule has 15 nitrogen and oxygen atoms in total. The second-order valence-corrected chi connectivity index (χ2v) is 12.8. The summed E-state index contributed by atoms with van der Waals surface area (Å²) in [6.45, 7) is 9.49.